The summed E-state index contributed by atoms with van der Waals surface area (Å²) in [5.74, 6) is 4.79. The number of esters is 2. The van der Waals surface area contributed by atoms with Crippen molar-refractivity contribution in [2.45, 2.75) is 166 Å². The number of alkyl halides is 6. The highest BCUT2D eigenvalue weighted by molar-refractivity contribution is 7.90. The molecule has 8 bridgehead atoms. The zero-order valence-electron chi connectivity index (χ0n) is 37.0. The molecule has 0 aromatic rings. The molecular weight excluding hydrogens is 923 g/mol. The molecule has 16 atom stereocenters. The van der Waals surface area contributed by atoms with Gasteiger partial charge in [0.25, 0.3) is 0 Å². The van der Waals surface area contributed by atoms with Crippen molar-refractivity contribution in [2.75, 3.05) is 13.1 Å². The summed E-state index contributed by atoms with van der Waals surface area (Å²) in [5, 5.41) is 0. The minimum atomic E-state index is -5.30. The van der Waals surface area contributed by atoms with Crippen LogP contribution in [0.5, 0.6) is 0 Å². The lowest BCUT2D eigenvalue weighted by atomic mass is 9.61. The van der Waals surface area contributed by atoms with Gasteiger partial charge in [-0.1, -0.05) is 75.3 Å². The Hall–Kier alpha value is -2.18. The highest BCUT2D eigenvalue weighted by Crippen LogP contribution is 2.66. The van der Waals surface area contributed by atoms with Crippen molar-refractivity contribution >= 4 is 32.0 Å². The van der Waals surface area contributed by atoms with Crippen LogP contribution >= 0.6 is 0 Å². The Morgan fingerprint density at radius 3 is 1.36 bits per heavy atom. The van der Waals surface area contributed by atoms with Gasteiger partial charge in [-0.2, -0.15) is 26.3 Å². The first-order valence-corrected chi connectivity index (χ1v) is 25.3. The van der Waals surface area contributed by atoms with E-state index in [9.17, 15) is 52.8 Å². The fourth-order valence-corrected chi connectivity index (χ4v) is 14.1. The standard InChI is InChI=1S/C23H36F3NO4S.C12H18O2.C9H12F3NO2S.5CH4/c1-11-13-6-15(10-27-32(29,30)23(24,25)26)17(7-13)20(11)19-12(2)16-8-14(19)9-18(16)21(28)31-22(3,4)5;1-12(2,3)14-11(13)10-7-8-4-5-9(10)6-8;10-9(11,12)16(14,15)13-5-8-4-6-1-2-7(8)3-6;;;;;/h11-20,27H,6-10H2,1-5H3;4-5,8-10H,6-7H2,1-3H3;1-2,6-8,13H,3-5H2;5*1H4. The van der Waals surface area contributed by atoms with E-state index in [1.54, 1.807) is 4.72 Å². The van der Waals surface area contributed by atoms with E-state index in [1.165, 1.54) is 0 Å². The molecule has 6 saturated carbocycles. The van der Waals surface area contributed by atoms with Crippen LogP contribution in [0.1, 0.15) is 144 Å². The van der Waals surface area contributed by atoms with Gasteiger partial charge in [-0.15, -0.1) is 0 Å². The molecular formula is C49H86F6N2O8S2. The molecule has 0 aromatic heterocycles. The molecule has 394 valence electrons. The first-order chi connectivity index (χ1) is 28.4. The van der Waals surface area contributed by atoms with Crippen LogP contribution in [0.15, 0.2) is 24.3 Å². The first kappa shape index (κ1) is 62.8. The molecule has 10 nitrogen and oxygen atoms in total. The number of hydrogen-bond acceptors (Lipinski definition) is 8. The third kappa shape index (κ3) is 14.0. The van der Waals surface area contributed by atoms with Crippen LogP contribution in [0.2, 0.25) is 0 Å². The van der Waals surface area contributed by atoms with E-state index >= 15 is 0 Å². The van der Waals surface area contributed by atoms with E-state index < -0.39 is 36.7 Å². The molecule has 2 N–H and O–H groups in total. The number of nitrogens with one attached hydrogen (secondary N) is 2. The Labute approximate surface area is 400 Å². The molecule has 0 amide bonds. The largest absolute Gasteiger partial charge is 0.511 e. The topological polar surface area (TPSA) is 145 Å². The van der Waals surface area contributed by atoms with Gasteiger partial charge in [-0.25, -0.2) is 26.3 Å². The van der Waals surface area contributed by atoms with Gasteiger partial charge >= 0.3 is 43.0 Å². The van der Waals surface area contributed by atoms with Crippen molar-refractivity contribution in [3.63, 3.8) is 0 Å². The second-order valence-corrected chi connectivity index (χ2v) is 25.1. The lowest BCUT2D eigenvalue weighted by molar-refractivity contribution is -0.164. The SMILES string of the molecule is C.C.C.C.C.CC(C)(C)OC(=O)C1CC2C=CC1C2.CC1C2CC(CC2C(=O)OC(C)(C)C)C1C1C(C)C2CC(CNS(=O)(=O)C(F)(F)F)C1C2.O=S(=O)(NCC1CC2C=CC1C2)C(F)(F)F. The summed E-state index contributed by atoms with van der Waals surface area (Å²) in [6.07, 6.45) is 15.9. The number of carbonyl (C=O) groups excluding carboxylic acids is 2. The number of hydrogen-bond donors (Lipinski definition) is 2. The fourth-order valence-electron chi connectivity index (χ4n) is 12.9. The van der Waals surface area contributed by atoms with Gasteiger partial charge in [0, 0.05) is 13.1 Å². The number of fused-ring (bicyclic) bond motifs is 8. The molecule has 0 spiro atoms. The third-order valence-electron chi connectivity index (χ3n) is 15.3. The maximum Gasteiger partial charge on any atom is 0.511 e. The van der Waals surface area contributed by atoms with Crippen LogP contribution < -0.4 is 9.44 Å². The maximum absolute atomic E-state index is 12.7. The normalized spacial score (nSPS) is 36.2. The molecule has 16 unspecified atom stereocenters. The number of carbonyl (C=O) groups is 2. The van der Waals surface area contributed by atoms with E-state index in [2.05, 4.69) is 32.1 Å². The molecule has 0 aliphatic heterocycles. The van der Waals surface area contributed by atoms with E-state index in [4.69, 9.17) is 9.47 Å². The Morgan fingerprint density at radius 2 is 0.970 bits per heavy atom. The van der Waals surface area contributed by atoms with Crippen LogP contribution in [-0.4, -0.2) is 64.1 Å². The number of halogens is 6. The number of ether oxygens (including phenoxy) is 2. The summed E-state index contributed by atoms with van der Waals surface area (Å²) in [6, 6.07) is 0. The van der Waals surface area contributed by atoms with E-state index in [0.29, 0.717) is 59.2 Å². The first-order valence-electron chi connectivity index (χ1n) is 22.3. The van der Waals surface area contributed by atoms with Crippen LogP contribution in [-0.2, 0) is 39.1 Å². The molecule has 0 saturated heterocycles. The average molecular weight is 1010 g/mol. The lowest BCUT2D eigenvalue weighted by Gasteiger charge is -2.44. The summed E-state index contributed by atoms with van der Waals surface area (Å²) in [7, 11) is -10.5. The zero-order chi connectivity index (χ0) is 46.1. The van der Waals surface area contributed by atoms with Crippen LogP contribution in [0.3, 0.4) is 0 Å². The van der Waals surface area contributed by atoms with Gasteiger partial charge in [0.1, 0.15) is 11.2 Å². The molecule has 8 aliphatic rings. The zero-order valence-corrected chi connectivity index (χ0v) is 38.6. The summed E-state index contributed by atoms with van der Waals surface area (Å²) in [4.78, 5) is 24.5. The quantitative estimate of drug-likeness (QED) is 0.132. The van der Waals surface area contributed by atoms with Gasteiger partial charge in [0.15, 0.2) is 0 Å². The summed E-state index contributed by atoms with van der Waals surface area (Å²) < 4.78 is 133. The average Bonchev–Trinajstić information content (AvgIpc) is 4.00. The second kappa shape index (κ2) is 22.5. The summed E-state index contributed by atoms with van der Waals surface area (Å²) >= 11 is 0. The molecule has 8 rings (SSSR count). The Kier molecular flexibility index (Phi) is 21.1. The van der Waals surface area contributed by atoms with E-state index in [0.717, 1.165) is 51.4 Å². The van der Waals surface area contributed by atoms with Crippen LogP contribution in [0.25, 0.3) is 0 Å². The van der Waals surface area contributed by atoms with Crippen molar-refractivity contribution in [1.29, 1.82) is 0 Å². The van der Waals surface area contributed by atoms with Gasteiger partial charge in [0.05, 0.1) is 11.8 Å². The van der Waals surface area contributed by atoms with Gasteiger partial charge < -0.3 is 9.47 Å². The second-order valence-electron chi connectivity index (χ2n) is 21.6. The Morgan fingerprint density at radius 1 is 0.522 bits per heavy atom. The fraction of sp³-hybridized carbons (Fsp3) is 0.878. The maximum atomic E-state index is 12.7. The predicted molar refractivity (Wildman–Crippen MR) is 254 cm³/mol. The van der Waals surface area contributed by atoms with Gasteiger partial charge in [-0.05, 0) is 176 Å². The molecule has 0 aromatic carbocycles. The Bertz CT molecular complexity index is 1940. The van der Waals surface area contributed by atoms with E-state index in [-0.39, 0.29) is 103 Å². The van der Waals surface area contributed by atoms with Crippen molar-refractivity contribution < 1.29 is 62.2 Å². The van der Waals surface area contributed by atoms with Crippen molar-refractivity contribution in [3.05, 3.63) is 24.3 Å². The molecule has 18 heteroatoms. The number of sulfonamides is 2. The minimum absolute atomic E-state index is 0. The number of allylic oxidation sites excluding steroid dienone is 4. The third-order valence-corrected chi connectivity index (χ3v) is 17.7. The highest BCUT2D eigenvalue weighted by atomic mass is 32.2. The monoisotopic (exact) mass is 1010 g/mol. The predicted octanol–water partition coefficient (Wildman–Crippen LogP) is 11.9. The Balaban J connectivity index is 0.000000541. The molecule has 67 heavy (non-hydrogen) atoms. The highest BCUT2D eigenvalue weighted by Gasteiger charge is 2.62. The summed E-state index contributed by atoms with van der Waals surface area (Å²) in [6.45, 7) is 15.7. The summed E-state index contributed by atoms with van der Waals surface area (Å²) in [5.41, 5.74) is -11.3. The van der Waals surface area contributed by atoms with Crippen LogP contribution in [0.4, 0.5) is 26.3 Å². The number of rotatable bonds is 9. The van der Waals surface area contributed by atoms with Gasteiger partial charge in [-0.3, -0.25) is 9.59 Å². The van der Waals surface area contributed by atoms with Gasteiger partial charge in [0.2, 0.25) is 0 Å². The minimum Gasteiger partial charge on any atom is -0.460 e. The van der Waals surface area contributed by atoms with Crippen LogP contribution in [0, 0.1) is 94.7 Å². The smallest absolute Gasteiger partial charge is 0.460 e. The molecule has 0 radical (unpaired) electrons. The lowest BCUT2D eigenvalue weighted by Crippen LogP contribution is -2.45. The van der Waals surface area contributed by atoms with Crippen molar-refractivity contribution in [2.24, 2.45) is 94.7 Å². The van der Waals surface area contributed by atoms with Crippen molar-refractivity contribution in [1.82, 2.24) is 9.44 Å². The van der Waals surface area contributed by atoms with E-state index in [1.807, 2.05) is 52.3 Å². The molecule has 0 heterocycles. The van der Waals surface area contributed by atoms with Crippen molar-refractivity contribution in [3.8, 4) is 0 Å². The molecule has 8 aliphatic carbocycles. The molecule has 6 fully saturated rings.